The molecule has 0 bridgehead atoms. The van der Waals surface area contributed by atoms with E-state index in [0.29, 0.717) is 33.9 Å². The number of piperazine rings is 1. The van der Waals surface area contributed by atoms with Gasteiger partial charge in [0.25, 0.3) is 0 Å². The monoisotopic (exact) mass is 454 g/mol. The van der Waals surface area contributed by atoms with Crippen molar-refractivity contribution in [2.24, 2.45) is 0 Å². The molecule has 160 valence electrons. The van der Waals surface area contributed by atoms with Crippen LogP contribution in [0, 0.1) is 0 Å². The lowest BCUT2D eigenvalue weighted by Crippen LogP contribution is -2.47. The Morgan fingerprint density at radius 3 is 2.48 bits per heavy atom. The van der Waals surface area contributed by atoms with Crippen molar-refractivity contribution >= 4 is 51.2 Å². The fraction of sp³-hybridized carbons (Fsp3) is 0.273. The first-order valence-corrected chi connectivity index (χ1v) is 11.9. The van der Waals surface area contributed by atoms with Gasteiger partial charge in [-0.25, -0.2) is 4.98 Å². The van der Waals surface area contributed by atoms with Crippen LogP contribution in [-0.2, 0) is 17.2 Å². The van der Waals surface area contributed by atoms with Crippen molar-refractivity contribution in [1.82, 2.24) is 9.97 Å². The number of hydrogen-bond donors (Lipinski definition) is 2. The number of nitrogens with zero attached hydrogens (tertiary/aromatic N) is 4. The van der Waals surface area contributed by atoms with E-state index >= 15 is 0 Å². The zero-order valence-corrected chi connectivity index (χ0v) is 18.5. The summed E-state index contributed by atoms with van der Waals surface area (Å²) in [5.74, 6) is 1.88. The molecule has 1 unspecified atom stereocenters. The largest absolute Gasteiger partial charge is 0.399 e. The van der Waals surface area contributed by atoms with E-state index in [1.807, 2.05) is 36.4 Å². The van der Waals surface area contributed by atoms with Gasteiger partial charge in [0, 0.05) is 60.4 Å². The molecule has 3 aromatic rings. The maximum atomic E-state index is 12.6. The maximum absolute atomic E-state index is 12.6. The second-order valence-corrected chi connectivity index (χ2v) is 9.59. The minimum absolute atomic E-state index is 0.586. The van der Waals surface area contributed by atoms with E-state index in [1.165, 1.54) is 5.69 Å². The number of benzene rings is 2. The minimum atomic E-state index is -1.09. The first-order valence-electron chi connectivity index (χ1n) is 10.2. The van der Waals surface area contributed by atoms with E-state index < -0.39 is 10.8 Å². The number of aromatic nitrogens is 2. The van der Waals surface area contributed by atoms with Gasteiger partial charge in [0.15, 0.2) is 5.82 Å². The molecule has 1 atom stereocenters. The molecule has 1 saturated heterocycles. The van der Waals surface area contributed by atoms with Crippen LogP contribution in [0.4, 0.5) is 28.8 Å². The Morgan fingerprint density at radius 1 is 1.00 bits per heavy atom. The fourth-order valence-electron chi connectivity index (χ4n) is 3.96. The lowest BCUT2D eigenvalue weighted by Gasteiger charge is -2.36. The summed E-state index contributed by atoms with van der Waals surface area (Å²) in [7, 11) is -1.09. The molecule has 0 saturated carbocycles. The third-order valence-electron chi connectivity index (χ3n) is 5.58. The van der Waals surface area contributed by atoms with Gasteiger partial charge in [0.2, 0.25) is 5.95 Å². The summed E-state index contributed by atoms with van der Waals surface area (Å²) in [5, 5.41) is 3.95. The van der Waals surface area contributed by atoms with Gasteiger partial charge in [-0.05, 0) is 42.5 Å². The predicted octanol–water partition coefficient (Wildman–Crippen LogP) is 3.45. The summed E-state index contributed by atoms with van der Waals surface area (Å²) in [4.78, 5) is 14.8. The summed E-state index contributed by atoms with van der Waals surface area (Å²) >= 11 is 6.13. The Labute approximate surface area is 188 Å². The highest BCUT2D eigenvalue weighted by Gasteiger charge is 2.28. The first kappa shape index (κ1) is 20.1. The number of nitrogens with two attached hydrogens (primary N) is 1. The second-order valence-electron chi connectivity index (χ2n) is 7.65. The van der Waals surface area contributed by atoms with Gasteiger partial charge in [-0.3, -0.25) is 4.21 Å². The van der Waals surface area contributed by atoms with Crippen LogP contribution in [0.3, 0.4) is 0 Å². The van der Waals surface area contributed by atoms with Crippen molar-refractivity contribution in [3.63, 3.8) is 0 Å². The summed E-state index contributed by atoms with van der Waals surface area (Å²) in [6, 6.07) is 15.4. The van der Waals surface area contributed by atoms with Crippen molar-refractivity contribution < 1.29 is 4.21 Å². The number of nitrogen functional groups attached to an aromatic ring is 1. The standard InChI is InChI=1S/C22H23ClN6OS/c23-15-2-1-3-17(14-15)25-21-20-19(8-13-31(20)30)26-22(27-21)29-11-9-28(10-12-29)18-6-4-16(24)5-7-18/h1-7,14H,8-13,24H2,(H,25,26,27). The van der Waals surface area contributed by atoms with E-state index in [2.05, 4.69) is 27.2 Å². The van der Waals surface area contributed by atoms with E-state index in [9.17, 15) is 4.21 Å². The minimum Gasteiger partial charge on any atom is -0.399 e. The molecule has 5 rings (SSSR count). The predicted molar refractivity (Wildman–Crippen MR) is 127 cm³/mol. The second kappa shape index (κ2) is 8.36. The summed E-state index contributed by atoms with van der Waals surface area (Å²) in [6.07, 6.45) is 0.701. The van der Waals surface area contributed by atoms with Crippen LogP contribution in [0.1, 0.15) is 5.69 Å². The van der Waals surface area contributed by atoms with Crippen molar-refractivity contribution in [3.8, 4) is 0 Å². The number of halogens is 1. The molecule has 2 aliphatic rings. The number of fused-ring (bicyclic) bond motifs is 1. The van der Waals surface area contributed by atoms with Crippen LogP contribution >= 0.6 is 11.6 Å². The highest BCUT2D eigenvalue weighted by Crippen LogP contribution is 2.32. The molecule has 2 aromatic carbocycles. The van der Waals surface area contributed by atoms with E-state index in [1.54, 1.807) is 0 Å². The molecular formula is C22H23ClN6OS. The molecule has 3 N–H and O–H groups in total. The Bertz CT molecular complexity index is 1130. The maximum Gasteiger partial charge on any atom is 0.227 e. The van der Waals surface area contributed by atoms with Crippen LogP contribution < -0.4 is 20.9 Å². The number of nitrogens with one attached hydrogen (secondary N) is 1. The first-order chi connectivity index (χ1) is 15.1. The van der Waals surface area contributed by atoms with Crippen molar-refractivity contribution in [1.29, 1.82) is 0 Å². The van der Waals surface area contributed by atoms with Crippen molar-refractivity contribution in [2.75, 3.05) is 52.8 Å². The molecule has 7 nitrogen and oxygen atoms in total. The SMILES string of the molecule is Nc1ccc(N2CCN(c3nc4c(c(Nc5cccc(Cl)c5)n3)S(=O)CC4)CC2)cc1. The van der Waals surface area contributed by atoms with Crippen LogP contribution in [0.15, 0.2) is 53.4 Å². The smallest absolute Gasteiger partial charge is 0.227 e. The Hall–Kier alpha value is -2.84. The number of anilines is 5. The van der Waals surface area contributed by atoms with Gasteiger partial charge in [-0.2, -0.15) is 4.98 Å². The van der Waals surface area contributed by atoms with Crippen LogP contribution in [0.25, 0.3) is 0 Å². The lowest BCUT2D eigenvalue weighted by atomic mass is 10.2. The summed E-state index contributed by atoms with van der Waals surface area (Å²) in [5.41, 5.74) is 9.43. The molecule has 3 heterocycles. The van der Waals surface area contributed by atoms with E-state index in [4.69, 9.17) is 27.3 Å². The van der Waals surface area contributed by atoms with Gasteiger partial charge in [-0.15, -0.1) is 0 Å². The molecule has 9 heteroatoms. The molecule has 1 aromatic heterocycles. The van der Waals surface area contributed by atoms with Gasteiger partial charge in [0.1, 0.15) is 4.90 Å². The molecule has 0 amide bonds. The third-order valence-corrected chi connectivity index (χ3v) is 7.28. The number of rotatable bonds is 4. The van der Waals surface area contributed by atoms with Gasteiger partial charge < -0.3 is 20.9 Å². The molecule has 0 aliphatic carbocycles. The van der Waals surface area contributed by atoms with Crippen LogP contribution in [0.2, 0.25) is 5.02 Å². The zero-order valence-electron chi connectivity index (χ0n) is 16.9. The summed E-state index contributed by atoms with van der Waals surface area (Å²) < 4.78 is 12.6. The fourth-order valence-corrected chi connectivity index (χ4v) is 5.46. The number of aryl methyl sites for hydroxylation is 1. The quantitative estimate of drug-likeness (QED) is 0.584. The average Bonchev–Trinajstić information content (AvgIpc) is 3.15. The zero-order chi connectivity index (χ0) is 21.4. The topological polar surface area (TPSA) is 87.4 Å². The Kier molecular flexibility index (Phi) is 5.41. The third kappa shape index (κ3) is 4.18. The lowest BCUT2D eigenvalue weighted by molar-refractivity contribution is 0.638. The van der Waals surface area contributed by atoms with Crippen LogP contribution in [0.5, 0.6) is 0 Å². The van der Waals surface area contributed by atoms with Gasteiger partial charge in [0.05, 0.1) is 16.5 Å². The molecule has 0 spiro atoms. The van der Waals surface area contributed by atoms with Crippen molar-refractivity contribution in [2.45, 2.75) is 11.3 Å². The van der Waals surface area contributed by atoms with E-state index in [0.717, 1.165) is 43.2 Å². The Balaban J connectivity index is 1.39. The van der Waals surface area contributed by atoms with Crippen LogP contribution in [-0.4, -0.2) is 46.1 Å². The Morgan fingerprint density at radius 2 is 1.74 bits per heavy atom. The number of hydrogen-bond acceptors (Lipinski definition) is 7. The van der Waals surface area contributed by atoms with E-state index in [-0.39, 0.29) is 0 Å². The molecule has 1 fully saturated rings. The molecular weight excluding hydrogens is 432 g/mol. The van der Waals surface area contributed by atoms with Gasteiger partial charge in [-0.1, -0.05) is 17.7 Å². The van der Waals surface area contributed by atoms with Crippen molar-refractivity contribution in [3.05, 3.63) is 59.2 Å². The molecule has 2 aliphatic heterocycles. The summed E-state index contributed by atoms with van der Waals surface area (Å²) in [6.45, 7) is 3.35. The normalized spacial score (nSPS) is 18.2. The average molecular weight is 455 g/mol. The highest BCUT2D eigenvalue weighted by molar-refractivity contribution is 7.85. The molecule has 31 heavy (non-hydrogen) atoms. The van der Waals surface area contributed by atoms with Gasteiger partial charge >= 0.3 is 0 Å². The highest BCUT2D eigenvalue weighted by atomic mass is 35.5. The molecule has 0 radical (unpaired) electrons.